The lowest BCUT2D eigenvalue weighted by Gasteiger charge is -2.63. The Labute approximate surface area is 202 Å². The number of pyridine rings is 1. The van der Waals surface area contributed by atoms with Crippen LogP contribution >= 0.6 is 11.6 Å². The van der Waals surface area contributed by atoms with Crippen LogP contribution in [0.2, 0.25) is 5.15 Å². The number of nitrogens with zero attached hydrogens (tertiary/aromatic N) is 7. The zero-order chi connectivity index (χ0) is 23.3. The summed E-state index contributed by atoms with van der Waals surface area (Å²) in [5, 5.41) is 4.79. The molecule has 2 aliphatic carbocycles. The molecule has 2 amide bonds. The second-order valence-corrected chi connectivity index (χ2v) is 13.3. The minimum absolute atomic E-state index is 0.0264. The fourth-order valence-corrected chi connectivity index (χ4v) is 7.94. The van der Waals surface area contributed by atoms with E-state index in [2.05, 4.69) is 15.1 Å². The zero-order valence-electron chi connectivity index (χ0n) is 18.7. The van der Waals surface area contributed by atoms with E-state index in [1.54, 1.807) is 12.1 Å². The highest BCUT2D eigenvalue weighted by atomic mass is 35.5. The first-order chi connectivity index (χ1) is 16.2. The average Bonchev–Trinajstić information content (AvgIpc) is 3.41. The maximum atomic E-state index is 12.9. The molecule has 10 nitrogen and oxygen atoms in total. The normalized spacial score (nSPS) is 25.6. The van der Waals surface area contributed by atoms with Crippen LogP contribution < -0.4 is 0 Å². The zero-order valence-corrected chi connectivity index (χ0v) is 20.2. The van der Waals surface area contributed by atoms with Crippen molar-refractivity contribution in [1.82, 2.24) is 33.9 Å². The molecule has 2 spiro atoms. The van der Waals surface area contributed by atoms with E-state index in [-0.39, 0.29) is 27.0 Å². The molecule has 0 aromatic carbocycles. The van der Waals surface area contributed by atoms with Crippen molar-refractivity contribution >= 4 is 27.7 Å². The van der Waals surface area contributed by atoms with Crippen molar-refractivity contribution in [2.75, 3.05) is 39.3 Å². The largest absolute Gasteiger partial charge is 0.323 e. The highest BCUT2D eigenvalue weighted by Crippen LogP contribution is 2.54. The Kier molecular flexibility index (Phi) is 4.29. The van der Waals surface area contributed by atoms with Gasteiger partial charge in [-0.2, -0.15) is 9.40 Å². The van der Waals surface area contributed by atoms with E-state index in [0.717, 1.165) is 31.8 Å². The molecule has 2 saturated carbocycles. The lowest BCUT2D eigenvalue weighted by molar-refractivity contribution is -0.101. The average molecular weight is 504 g/mol. The molecule has 12 heteroatoms. The molecule has 7 rings (SSSR count). The quantitative estimate of drug-likeness (QED) is 0.591. The molecule has 2 aromatic heterocycles. The molecule has 0 unspecified atom stereocenters. The molecule has 5 fully saturated rings. The molecule has 34 heavy (non-hydrogen) atoms. The van der Waals surface area contributed by atoms with Gasteiger partial charge in [0, 0.05) is 56.0 Å². The maximum Gasteiger partial charge on any atom is 0.320 e. The summed E-state index contributed by atoms with van der Waals surface area (Å²) in [5.41, 5.74) is 0.109. The molecule has 0 radical (unpaired) electrons. The third kappa shape index (κ3) is 3.20. The molecule has 0 bridgehead atoms. The summed E-state index contributed by atoms with van der Waals surface area (Å²) in [4.78, 5) is 25.1. The minimum atomic E-state index is -3.65. The second kappa shape index (κ2) is 6.92. The fraction of sp³-hybridized carbons (Fsp3) is 0.636. The Balaban J connectivity index is 0.887. The van der Waals surface area contributed by atoms with Gasteiger partial charge in [-0.1, -0.05) is 17.7 Å². The van der Waals surface area contributed by atoms with Crippen molar-refractivity contribution < 1.29 is 13.2 Å². The van der Waals surface area contributed by atoms with Crippen molar-refractivity contribution in [3.05, 3.63) is 35.5 Å². The summed E-state index contributed by atoms with van der Waals surface area (Å²) in [6.45, 7) is 3.65. The van der Waals surface area contributed by atoms with Gasteiger partial charge < -0.3 is 9.80 Å². The molecular formula is C22H26ClN7O3S. The van der Waals surface area contributed by atoms with Crippen molar-refractivity contribution in [1.29, 1.82) is 0 Å². The number of likely N-dealkylation sites (tertiary alicyclic amines) is 2. The summed E-state index contributed by atoms with van der Waals surface area (Å²) in [6.07, 6.45) is 6.40. The molecule has 180 valence electrons. The number of sulfonamides is 1. The second-order valence-electron chi connectivity index (χ2n) is 11.0. The van der Waals surface area contributed by atoms with Gasteiger partial charge in [-0.15, -0.1) is 0 Å². The van der Waals surface area contributed by atoms with Crippen molar-refractivity contribution in [3.8, 4) is 0 Å². The van der Waals surface area contributed by atoms with Crippen LogP contribution in [0.3, 0.4) is 0 Å². The van der Waals surface area contributed by atoms with Gasteiger partial charge in [-0.05, 0) is 37.8 Å². The molecule has 0 N–H and O–H groups in total. The summed E-state index contributed by atoms with van der Waals surface area (Å²) in [7, 11) is -3.65. The first kappa shape index (κ1) is 21.1. The molecule has 5 aliphatic rings. The number of carbonyl (C=O) groups is 1. The molecule has 5 heterocycles. The number of halogens is 1. The predicted molar refractivity (Wildman–Crippen MR) is 122 cm³/mol. The first-order valence-electron chi connectivity index (χ1n) is 11.8. The molecular weight excluding hydrogens is 478 g/mol. The van der Waals surface area contributed by atoms with Gasteiger partial charge >= 0.3 is 6.03 Å². The Hall–Kier alpha value is -2.24. The van der Waals surface area contributed by atoms with Crippen LogP contribution in [-0.2, 0) is 10.0 Å². The molecule has 3 saturated heterocycles. The van der Waals surface area contributed by atoms with Gasteiger partial charge in [-0.25, -0.2) is 27.9 Å². The number of hydrogen-bond donors (Lipinski definition) is 0. The summed E-state index contributed by atoms with van der Waals surface area (Å²) in [6, 6.07) is 5.08. The number of rotatable bonds is 4. The SMILES string of the molecule is O=C(N1CC2(CC(n3cnc(C4CC4)n3)C2)C1)N1CC2(C1)CN(S(=O)(=O)c1cccc(Cl)n1)C2. The van der Waals surface area contributed by atoms with Crippen LogP contribution in [0, 0.1) is 10.8 Å². The van der Waals surface area contributed by atoms with Gasteiger partial charge in [0.05, 0.1) is 6.04 Å². The van der Waals surface area contributed by atoms with E-state index in [0.29, 0.717) is 38.1 Å². The van der Waals surface area contributed by atoms with Crippen LogP contribution in [0.25, 0.3) is 0 Å². The maximum absolute atomic E-state index is 12.9. The van der Waals surface area contributed by atoms with E-state index in [9.17, 15) is 13.2 Å². The van der Waals surface area contributed by atoms with Gasteiger partial charge in [0.2, 0.25) is 0 Å². The van der Waals surface area contributed by atoms with Crippen LogP contribution in [0.4, 0.5) is 4.79 Å². The van der Waals surface area contributed by atoms with Gasteiger partial charge in [0.1, 0.15) is 11.5 Å². The standard InChI is InChI=1S/C22H26ClN7O3S/c23-17-2-1-3-18(25-17)34(32,33)29-12-22(13-29)10-28(11-22)20(31)27-8-21(9-27)6-16(7-21)30-14-24-19(26-30)15-4-5-15/h1-3,14-16H,4-13H2. The predicted octanol–water partition coefficient (Wildman–Crippen LogP) is 1.97. The van der Waals surface area contributed by atoms with E-state index in [1.807, 2.05) is 20.8 Å². The Morgan fingerprint density at radius 3 is 2.32 bits per heavy atom. The Morgan fingerprint density at radius 1 is 1.00 bits per heavy atom. The lowest BCUT2D eigenvalue weighted by atomic mass is 9.60. The van der Waals surface area contributed by atoms with Crippen molar-refractivity contribution in [2.45, 2.75) is 42.7 Å². The molecule has 3 aliphatic heterocycles. The van der Waals surface area contributed by atoms with Crippen LogP contribution in [0.1, 0.15) is 43.5 Å². The number of hydrogen-bond acceptors (Lipinski definition) is 6. The topological polar surface area (TPSA) is 105 Å². The number of aromatic nitrogens is 4. The Morgan fingerprint density at radius 2 is 1.68 bits per heavy atom. The number of carbonyl (C=O) groups excluding carboxylic acids is 1. The third-order valence-electron chi connectivity index (χ3n) is 8.14. The van der Waals surface area contributed by atoms with Crippen LogP contribution in [0.5, 0.6) is 0 Å². The molecule has 2 aromatic rings. The van der Waals surface area contributed by atoms with Gasteiger partial charge in [0.25, 0.3) is 10.0 Å². The highest BCUT2D eigenvalue weighted by molar-refractivity contribution is 7.89. The Bertz CT molecular complexity index is 1260. The van der Waals surface area contributed by atoms with Crippen molar-refractivity contribution in [3.63, 3.8) is 0 Å². The van der Waals surface area contributed by atoms with Crippen LogP contribution in [0.15, 0.2) is 29.6 Å². The summed E-state index contributed by atoms with van der Waals surface area (Å²) in [5.74, 6) is 1.56. The van der Waals surface area contributed by atoms with E-state index >= 15 is 0 Å². The summed E-state index contributed by atoms with van der Waals surface area (Å²) >= 11 is 5.85. The van der Waals surface area contributed by atoms with Crippen LogP contribution in [-0.4, -0.2) is 87.6 Å². The molecule has 0 atom stereocenters. The van der Waals surface area contributed by atoms with Gasteiger partial charge in [0.15, 0.2) is 10.9 Å². The van der Waals surface area contributed by atoms with E-state index in [4.69, 9.17) is 11.6 Å². The number of urea groups is 1. The van der Waals surface area contributed by atoms with E-state index in [1.165, 1.54) is 23.2 Å². The minimum Gasteiger partial charge on any atom is -0.323 e. The smallest absolute Gasteiger partial charge is 0.320 e. The van der Waals surface area contributed by atoms with Gasteiger partial charge in [-0.3, -0.25) is 0 Å². The first-order valence-corrected chi connectivity index (χ1v) is 13.6. The lowest BCUT2D eigenvalue weighted by Crippen LogP contribution is -2.76. The monoisotopic (exact) mass is 503 g/mol. The highest BCUT2D eigenvalue weighted by Gasteiger charge is 2.60. The number of amides is 2. The third-order valence-corrected chi connectivity index (χ3v) is 10.0. The van der Waals surface area contributed by atoms with Crippen molar-refractivity contribution in [2.24, 2.45) is 10.8 Å². The fourth-order valence-electron chi connectivity index (χ4n) is 6.11. The summed E-state index contributed by atoms with van der Waals surface area (Å²) < 4.78 is 29.0. The van der Waals surface area contributed by atoms with E-state index < -0.39 is 10.0 Å².